The Morgan fingerprint density at radius 1 is 1.03 bits per heavy atom. The van der Waals surface area contributed by atoms with Crippen LogP contribution in [0.1, 0.15) is 33.6 Å². The molecule has 1 saturated heterocycles. The van der Waals surface area contributed by atoms with Crippen LogP contribution in [0, 0.1) is 5.92 Å². The lowest BCUT2D eigenvalue weighted by Gasteiger charge is -2.30. The van der Waals surface area contributed by atoms with E-state index in [1.54, 1.807) is 31.2 Å². The lowest BCUT2D eigenvalue weighted by atomic mass is 9.83. The van der Waals surface area contributed by atoms with E-state index >= 15 is 0 Å². The van der Waals surface area contributed by atoms with Crippen LogP contribution in [0.3, 0.4) is 0 Å². The number of thiazole rings is 1. The van der Waals surface area contributed by atoms with Crippen molar-refractivity contribution >= 4 is 52.3 Å². The molecule has 0 radical (unpaired) electrons. The minimum absolute atomic E-state index is 0.205. The maximum atomic E-state index is 13.8. The molecule has 8 nitrogen and oxygen atoms in total. The summed E-state index contributed by atoms with van der Waals surface area (Å²) in [6.07, 6.45) is 0. The zero-order chi connectivity index (χ0) is 24.9. The van der Waals surface area contributed by atoms with Gasteiger partial charge in [-0.3, -0.25) is 14.4 Å². The van der Waals surface area contributed by atoms with Crippen molar-refractivity contribution < 1.29 is 19.1 Å². The van der Waals surface area contributed by atoms with Gasteiger partial charge in [-0.05, 0) is 48.9 Å². The molecule has 2 aliphatic rings. The number of imide groups is 1. The number of aromatic amines is 1. The maximum Gasteiger partial charge on any atom is 0.338 e. The number of H-pyrrole nitrogens is 1. The molecule has 3 heterocycles. The van der Waals surface area contributed by atoms with Crippen molar-refractivity contribution in [3.05, 3.63) is 74.2 Å². The smallest absolute Gasteiger partial charge is 0.338 e. The number of rotatable bonds is 5. The molecule has 1 aromatic heterocycles. The summed E-state index contributed by atoms with van der Waals surface area (Å²) in [5.41, 5.74) is 2.64. The quantitative estimate of drug-likeness (QED) is 0.415. The van der Waals surface area contributed by atoms with Crippen molar-refractivity contribution in [3.8, 4) is 0 Å². The van der Waals surface area contributed by atoms with Crippen LogP contribution in [0.4, 0.5) is 11.4 Å². The summed E-state index contributed by atoms with van der Waals surface area (Å²) in [5.74, 6) is -2.18. The topological polar surface area (TPSA) is 99.8 Å². The third-order valence-corrected chi connectivity index (χ3v) is 8.63. The molecule has 3 aromatic rings. The van der Waals surface area contributed by atoms with Gasteiger partial charge in [0.1, 0.15) is 5.25 Å². The molecule has 2 unspecified atom stereocenters. The minimum Gasteiger partial charge on any atom is -0.462 e. The Bertz CT molecular complexity index is 1360. The number of hydrogen-bond acceptors (Lipinski definition) is 8. The number of thioether (sulfide) groups is 1. The highest BCUT2D eigenvalue weighted by Gasteiger charge is 2.56. The van der Waals surface area contributed by atoms with E-state index in [1.165, 1.54) is 16.7 Å². The molecule has 2 amide bonds. The van der Waals surface area contributed by atoms with E-state index in [0.29, 0.717) is 16.3 Å². The van der Waals surface area contributed by atoms with Crippen LogP contribution in [0.5, 0.6) is 0 Å². The van der Waals surface area contributed by atoms with Crippen molar-refractivity contribution in [2.45, 2.75) is 23.1 Å². The zero-order valence-electron chi connectivity index (χ0n) is 19.3. The summed E-state index contributed by atoms with van der Waals surface area (Å²) in [6, 6.07) is 14.1. The summed E-state index contributed by atoms with van der Waals surface area (Å²) >= 11 is 2.33. The van der Waals surface area contributed by atoms with E-state index in [4.69, 9.17) is 4.74 Å². The molecule has 2 aromatic carbocycles. The Balaban J connectivity index is 1.54. The van der Waals surface area contributed by atoms with Crippen molar-refractivity contribution in [1.29, 1.82) is 0 Å². The van der Waals surface area contributed by atoms with E-state index in [2.05, 4.69) is 4.98 Å². The first-order valence-corrected chi connectivity index (χ1v) is 12.8. The van der Waals surface area contributed by atoms with E-state index in [1.807, 2.05) is 43.3 Å². The molecule has 180 valence electrons. The van der Waals surface area contributed by atoms with Crippen LogP contribution in [0.25, 0.3) is 0 Å². The predicted molar refractivity (Wildman–Crippen MR) is 136 cm³/mol. The standard InChI is InChI=1S/C25H23N3O5S2/c1-4-33-24(31)14-7-11-16(12-8-14)28-22(29)18-17(13-5-9-15(10-6-13)27(2)3)19-21(26-25(32)35-19)34-20(18)23(28)30/h5-12,17-18,20H,4H2,1-3H3,(H,26,32)/t17-,18?,20?/m1/s1. The van der Waals surface area contributed by atoms with Crippen LogP contribution in [0.2, 0.25) is 0 Å². The third-order valence-electron chi connectivity index (χ3n) is 6.23. The van der Waals surface area contributed by atoms with Gasteiger partial charge >= 0.3 is 10.8 Å². The first-order chi connectivity index (χ1) is 16.8. The number of benzene rings is 2. The Morgan fingerprint density at radius 3 is 2.34 bits per heavy atom. The predicted octanol–water partition coefficient (Wildman–Crippen LogP) is 3.47. The molecule has 0 bridgehead atoms. The van der Waals surface area contributed by atoms with E-state index in [-0.39, 0.29) is 23.3 Å². The molecule has 1 fully saturated rings. The Kier molecular flexibility index (Phi) is 6.02. The molecule has 0 saturated carbocycles. The van der Waals surface area contributed by atoms with Gasteiger partial charge in [0.2, 0.25) is 11.8 Å². The average Bonchev–Trinajstić information content (AvgIpc) is 3.34. The van der Waals surface area contributed by atoms with Crippen LogP contribution < -0.4 is 14.7 Å². The largest absolute Gasteiger partial charge is 0.462 e. The normalized spacial score (nSPS) is 21.0. The fourth-order valence-corrected chi connectivity index (χ4v) is 7.09. The SMILES string of the molecule is CCOC(=O)c1ccc(N2C(=O)C3Sc4[nH]c(=O)sc4[C@H](c4ccc(N(C)C)cc4)C3C2=O)cc1. The molecule has 5 rings (SSSR count). The molecule has 10 heteroatoms. The number of carbonyl (C=O) groups excluding carboxylic acids is 3. The van der Waals surface area contributed by atoms with Gasteiger partial charge in [0.05, 0.1) is 28.8 Å². The van der Waals surface area contributed by atoms with Crippen LogP contribution in [0.15, 0.2) is 58.4 Å². The Labute approximate surface area is 209 Å². The Hall–Kier alpha value is -3.37. The fourth-order valence-electron chi connectivity index (χ4n) is 4.57. The van der Waals surface area contributed by atoms with Gasteiger partial charge in [0.25, 0.3) is 0 Å². The van der Waals surface area contributed by atoms with E-state index < -0.39 is 23.1 Å². The second-order valence-corrected chi connectivity index (χ2v) is 10.7. The highest BCUT2D eigenvalue weighted by atomic mass is 32.2. The first kappa shape index (κ1) is 23.4. The molecule has 0 aliphatic carbocycles. The number of fused-ring (bicyclic) bond motifs is 2. The van der Waals surface area contributed by atoms with Gasteiger partial charge in [-0.25, -0.2) is 9.69 Å². The van der Waals surface area contributed by atoms with Crippen LogP contribution in [-0.4, -0.2) is 48.7 Å². The van der Waals surface area contributed by atoms with E-state index in [9.17, 15) is 19.2 Å². The molecule has 0 spiro atoms. The second kappa shape index (κ2) is 9.01. The van der Waals surface area contributed by atoms with Gasteiger partial charge in [-0.2, -0.15) is 0 Å². The highest BCUT2D eigenvalue weighted by Crippen LogP contribution is 2.53. The molecular weight excluding hydrogens is 486 g/mol. The molecule has 3 atom stereocenters. The number of hydrogen-bond donors (Lipinski definition) is 1. The third kappa shape index (κ3) is 3.96. The number of esters is 1. The van der Waals surface area contributed by atoms with Gasteiger partial charge in [0.15, 0.2) is 0 Å². The minimum atomic E-state index is -0.663. The van der Waals surface area contributed by atoms with Crippen LogP contribution >= 0.6 is 23.1 Å². The maximum absolute atomic E-state index is 13.8. The summed E-state index contributed by atoms with van der Waals surface area (Å²) in [6.45, 7) is 1.98. The zero-order valence-corrected chi connectivity index (χ0v) is 20.9. The highest BCUT2D eigenvalue weighted by molar-refractivity contribution is 8.00. The average molecular weight is 510 g/mol. The Morgan fingerprint density at radius 2 is 1.71 bits per heavy atom. The van der Waals surface area contributed by atoms with Crippen LogP contribution in [-0.2, 0) is 14.3 Å². The van der Waals surface area contributed by atoms with Crippen molar-refractivity contribution in [2.75, 3.05) is 30.5 Å². The fraction of sp³-hybridized carbons (Fsp3) is 0.280. The first-order valence-electron chi connectivity index (χ1n) is 11.1. The molecule has 2 aliphatic heterocycles. The monoisotopic (exact) mass is 509 g/mol. The number of nitrogens with zero attached hydrogens (tertiary/aromatic N) is 2. The summed E-state index contributed by atoms with van der Waals surface area (Å²) in [7, 11) is 3.89. The lowest BCUT2D eigenvalue weighted by Crippen LogP contribution is -2.32. The number of nitrogens with one attached hydrogen (secondary N) is 1. The summed E-state index contributed by atoms with van der Waals surface area (Å²) in [5, 5.41) is -0.0212. The number of aromatic nitrogens is 1. The van der Waals surface area contributed by atoms with Gasteiger partial charge in [-0.15, -0.1) is 0 Å². The van der Waals surface area contributed by atoms with Crippen molar-refractivity contribution in [3.63, 3.8) is 0 Å². The van der Waals surface area contributed by atoms with Crippen molar-refractivity contribution in [1.82, 2.24) is 4.98 Å². The number of anilines is 2. The second-order valence-electron chi connectivity index (χ2n) is 8.51. The lowest BCUT2D eigenvalue weighted by molar-refractivity contribution is -0.122. The molecule has 35 heavy (non-hydrogen) atoms. The molecule has 1 N–H and O–H groups in total. The van der Waals surface area contributed by atoms with Crippen molar-refractivity contribution in [2.24, 2.45) is 5.92 Å². The summed E-state index contributed by atoms with van der Waals surface area (Å²) in [4.78, 5) is 58.1. The van der Waals surface area contributed by atoms with Gasteiger partial charge in [-0.1, -0.05) is 35.2 Å². The van der Waals surface area contributed by atoms with Gasteiger partial charge in [0, 0.05) is 30.6 Å². The number of ether oxygens (including phenoxy) is 1. The van der Waals surface area contributed by atoms with Gasteiger partial charge < -0.3 is 14.6 Å². The number of carbonyl (C=O) groups is 3. The van der Waals surface area contributed by atoms with E-state index in [0.717, 1.165) is 27.5 Å². The molecular formula is C25H23N3O5S2. The number of amides is 2. The summed E-state index contributed by atoms with van der Waals surface area (Å²) < 4.78 is 5.01.